The van der Waals surface area contributed by atoms with Crippen molar-refractivity contribution in [2.24, 2.45) is 0 Å². The van der Waals surface area contributed by atoms with Gasteiger partial charge in [0, 0.05) is 30.0 Å². The average molecular weight is 321 g/mol. The second-order valence-corrected chi connectivity index (χ2v) is 7.92. The lowest BCUT2D eigenvalue weighted by molar-refractivity contribution is 0.432. The number of sulfone groups is 1. The van der Waals surface area contributed by atoms with Crippen LogP contribution in [0.3, 0.4) is 0 Å². The van der Waals surface area contributed by atoms with Crippen molar-refractivity contribution in [2.45, 2.75) is 38.6 Å². The van der Waals surface area contributed by atoms with E-state index in [1.54, 1.807) is 12.2 Å². The minimum atomic E-state index is -3.02. The summed E-state index contributed by atoms with van der Waals surface area (Å²) in [6.07, 6.45) is 6.52. The summed E-state index contributed by atoms with van der Waals surface area (Å²) in [6.45, 7) is 5.14. The van der Waals surface area contributed by atoms with Gasteiger partial charge in [-0.25, -0.2) is 8.42 Å². The van der Waals surface area contributed by atoms with E-state index in [1.165, 1.54) is 11.1 Å². The van der Waals surface area contributed by atoms with Crippen LogP contribution in [-0.2, 0) is 22.8 Å². The molecule has 0 aliphatic carbocycles. The Balaban J connectivity index is 1.76. The van der Waals surface area contributed by atoms with Gasteiger partial charge in [0.15, 0.2) is 9.84 Å². The number of hydrogen-bond donors (Lipinski definition) is 1. The van der Waals surface area contributed by atoms with Crippen LogP contribution in [0.15, 0.2) is 29.2 Å². The molecule has 3 heterocycles. The van der Waals surface area contributed by atoms with E-state index in [4.69, 9.17) is 5.10 Å². The molecule has 0 atom stereocenters. The minimum absolute atomic E-state index is 0.106. The van der Waals surface area contributed by atoms with E-state index >= 15 is 0 Å². The second kappa shape index (κ2) is 6.38. The van der Waals surface area contributed by atoms with Crippen molar-refractivity contribution < 1.29 is 8.42 Å². The molecule has 2 aliphatic heterocycles. The standard InChI is InChI=1S/C16H23N3O2S/c1-2-19-16(14-3-7-17-8-4-14)12-15(18-19)11-13-5-9-22(20,21)10-6-13/h5-6,9,12,14,17H,2-4,7-8,10-11H2,1H3. The number of hydrogen-bond acceptors (Lipinski definition) is 4. The molecule has 0 unspecified atom stereocenters. The van der Waals surface area contributed by atoms with Gasteiger partial charge in [0.1, 0.15) is 0 Å². The lowest BCUT2D eigenvalue weighted by atomic mass is 9.94. The van der Waals surface area contributed by atoms with Crippen molar-refractivity contribution in [2.75, 3.05) is 18.8 Å². The predicted molar refractivity (Wildman–Crippen MR) is 87.5 cm³/mol. The zero-order valence-electron chi connectivity index (χ0n) is 13.0. The highest BCUT2D eigenvalue weighted by molar-refractivity contribution is 7.94. The van der Waals surface area contributed by atoms with Gasteiger partial charge in [-0.3, -0.25) is 4.68 Å². The van der Waals surface area contributed by atoms with Crippen LogP contribution in [0.4, 0.5) is 0 Å². The van der Waals surface area contributed by atoms with Gasteiger partial charge in [-0.1, -0.05) is 6.08 Å². The first-order valence-electron chi connectivity index (χ1n) is 7.94. The van der Waals surface area contributed by atoms with Crippen LogP contribution in [0.1, 0.15) is 37.1 Å². The van der Waals surface area contributed by atoms with E-state index in [1.807, 2.05) is 0 Å². The van der Waals surface area contributed by atoms with E-state index in [9.17, 15) is 8.42 Å². The van der Waals surface area contributed by atoms with Gasteiger partial charge < -0.3 is 5.32 Å². The topological polar surface area (TPSA) is 64.0 Å². The molecular formula is C16H23N3O2S. The third-order valence-electron chi connectivity index (χ3n) is 4.37. The first kappa shape index (κ1) is 15.5. The third kappa shape index (κ3) is 3.50. The van der Waals surface area contributed by atoms with Crippen LogP contribution in [0.2, 0.25) is 0 Å². The van der Waals surface area contributed by atoms with Gasteiger partial charge in [0.25, 0.3) is 0 Å². The molecule has 1 N–H and O–H groups in total. The second-order valence-electron chi connectivity index (χ2n) is 5.99. The highest BCUT2D eigenvalue weighted by Gasteiger charge is 2.20. The highest BCUT2D eigenvalue weighted by Crippen LogP contribution is 2.27. The molecule has 120 valence electrons. The molecule has 1 fully saturated rings. The summed E-state index contributed by atoms with van der Waals surface area (Å²) in [6, 6.07) is 2.21. The van der Waals surface area contributed by atoms with Gasteiger partial charge in [-0.15, -0.1) is 0 Å². The maximum atomic E-state index is 11.4. The van der Waals surface area contributed by atoms with Gasteiger partial charge in [-0.2, -0.15) is 5.10 Å². The SMILES string of the molecule is CCn1nc(CC2=CCS(=O)(=O)C=C2)cc1C1CCNCC1. The number of aryl methyl sites for hydroxylation is 1. The van der Waals surface area contributed by atoms with E-state index in [2.05, 4.69) is 23.0 Å². The minimum Gasteiger partial charge on any atom is -0.317 e. The Hall–Kier alpha value is -1.40. The molecule has 0 aromatic carbocycles. The molecule has 0 saturated carbocycles. The molecule has 1 saturated heterocycles. The first-order chi connectivity index (χ1) is 10.6. The molecule has 1 aromatic heterocycles. The van der Waals surface area contributed by atoms with E-state index < -0.39 is 9.84 Å². The van der Waals surface area contributed by atoms with Gasteiger partial charge >= 0.3 is 0 Å². The third-order valence-corrected chi connectivity index (χ3v) is 5.55. The number of piperidine rings is 1. The number of aromatic nitrogens is 2. The highest BCUT2D eigenvalue weighted by atomic mass is 32.2. The summed E-state index contributed by atoms with van der Waals surface area (Å²) < 4.78 is 24.9. The Morgan fingerprint density at radius 1 is 1.36 bits per heavy atom. The number of allylic oxidation sites excluding steroid dienone is 2. The molecule has 1 aromatic rings. The fourth-order valence-electron chi connectivity index (χ4n) is 3.15. The Morgan fingerprint density at radius 3 is 2.77 bits per heavy atom. The van der Waals surface area contributed by atoms with Crippen molar-refractivity contribution in [1.82, 2.24) is 15.1 Å². The van der Waals surface area contributed by atoms with Crippen LogP contribution >= 0.6 is 0 Å². The fourth-order valence-corrected chi connectivity index (χ4v) is 4.09. The van der Waals surface area contributed by atoms with Crippen LogP contribution in [-0.4, -0.2) is 37.0 Å². The maximum Gasteiger partial charge on any atom is 0.175 e. The van der Waals surface area contributed by atoms with E-state index in [0.29, 0.717) is 12.3 Å². The maximum absolute atomic E-state index is 11.4. The molecule has 0 spiro atoms. The summed E-state index contributed by atoms with van der Waals surface area (Å²) in [5.74, 6) is 0.688. The molecule has 2 aliphatic rings. The Bertz CT molecular complexity index is 695. The molecule has 6 heteroatoms. The Labute approximate surface area is 132 Å². The van der Waals surface area contributed by atoms with E-state index in [0.717, 1.165) is 43.7 Å². The normalized spacial score (nSPS) is 21.8. The van der Waals surface area contributed by atoms with Crippen LogP contribution in [0.5, 0.6) is 0 Å². The average Bonchev–Trinajstić information content (AvgIpc) is 2.93. The van der Waals surface area contributed by atoms with E-state index in [-0.39, 0.29) is 5.75 Å². The van der Waals surface area contributed by atoms with Crippen LogP contribution in [0, 0.1) is 0 Å². The zero-order valence-corrected chi connectivity index (χ0v) is 13.8. The predicted octanol–water partition coefficient (Wildman–Crippen LogP) is 1.78. The molecule has 0 radical (unpaired) electrons. The summed E-state index contributed by atoms with van der Waals surface area (Å²) in [4.78, 5) is 0. The van der Waals surface area contributed by atoms with Crippen molar-refractivity contribution in [3.05, 3.63) is 40.6 Å². The largest absolute Gasteiger partial charge is 0.317 e. The summed E-state index contributed by atoms with van der Waals surface area (Å²) in [5, 5.41) is 9.42. The summed E-state index contributed by atoms with van der Waals surface area (Å²) >= 11 is 0. The van der Waals surface area contributed by atoms with Crippen molar-refractivity contribution in [3.63, 3.8) is 0 Å². The molecule has 22 heavy (non-hydrogen) atoms. The quantitative estimate of drug-likeness (QED) is 0.918. The fraction of sp³-hybridized carbons (Fsp3) is 0.562. The van der Waals surface area contributed by atoms with Gasteiger partial charge in [-0.05, 0) is 50.6 Å². The smallest absolute Gasteiger partial charge is 0.175 e. The number of nitrogens with one attached hydrogen (secondary N) is 1. The molecule has 5 nitrogen and oxygen atoms in total. The lowest BCUT2D eigenvalue weighted by Gasteiger charge is -2.23. The Kier molecular flexibility index (Phi) is 4.49. The van der Waals surface area contributed by atoms with Crippen molar-refractivity contribution in [3.8, 4) is 0 Å². The van der Waals surface area contributed by atoms with Gasteiger partial charge in [0.05, 0.1) is 11.4 Å². The zero-order chi connectivity index (χ0) is 15.6. The molecule has 0 bridgehead atoms. The summed E-state index contributed by atoms with van der Waals surface area (Å²) in [7, 11) is -3.02. The van der Waals surface area contributed by atoms with Crippen LogP contribution in [0.25, 0.3) is 0 Å². The van der Waals surface area contributed by atoms with Crippen molar-refractivity contribution in [1.29, 1.82) is 0 Å². The summed E-state index contributed by atoms with van der Waals surface area (Å²) in [5.41, 5.74) is 3.39. The number of nitrogens with zero attached hydrogens (tertiary/aromatic N) is 2. The molecular weight excluding hydrogens is 298 g/mol. The van der Waals surface area contributed by atoms with Crippen LogP contribution < -0.4 is 5.32 Å². The molecule has 3 rings (SSSR count). The van der Waals surface area contributed by atoms with Gasteiger partial charge in [0.2, 0.25) is 0 Å². The monoisotopic (exact) mass is 321 g/mol. The lowest BCUT2D eigenvalue weighted by Crippen LogP contribution is -2.27. The Morgan fingerprint density at radius 2 is 2.14 bits per heavy atom. The first-order valence-corrected chi connectivity index (χ1v) is 9.66. The van der Waals surface area contributed by atoms with Crippen molar-refractivity contribution >= 4 is 9.84 Å². The number of rotatable bonds is 4. The molecule has 0 amide bonds.